The van der Waals surface area contributed by atoms with E-state index >= 15 is 0 Å². The Labute approximate surface area is 95.1 Å². The molecule has 0 saturated carbocycles. The van der Waals surface area contributed by atoms with Crippen molar-refractivity contribution in [2.24, 2.45) is 0 Å². The Morgan fingerprint density at radius 2 is 1.47 bits per heavy atom. The summed E-state index contributed by atoms with van der Waals surface area (Å²) in [5.41, 5.74) is 0.702. The van der Waals surface area contributed by atoms with E-state index in [9.17, 15) is 17.6 Å². The van der Waals surface area contributed by atoms with Crippen LogP contribution in [-0.2, 0) is 0 Å². The van der Waals surface area contributed by atoms with Crippen molar-refractivity contribution in [1.82, 2.24) is 0 Å². The Morgan fingerprint density at radius 1 is 0.941 bits per heavy atom. The topological polar surface area (TPSA) is 18.5 Å². The van der Waals surface area contributed by atoms with Crippen LogP contribution in [0.4, 0.5) is 17.6 Å². The molecular weight excluding hydrogens is 240 g/mol. The van der Waals surface area contributed by atoms with E-state index in [-0.39, 0.29) is 17.4 Å². The Morgan fingerprint density at radius 3 is 2.00 bits per heavy atom. The first-order chi connectivity index (χ1) is 7.73. The molecule has 0 radical (unpaired) electrons. The highest BCUT2D eigenvalue weighted by Gasteiger charge is 2.65. The lowest BCUT2D eigenvalue weighted by atomic mass is 10.0. The fraction of sp³-hybridized carbons (Fsp3) is 0.455. The Kier molecular flexibility index (Phi) is 2.48. The molecule has 0 bridgehead atoms. The quantitative estimate of drug-likeness (QED) is 0.706. The molecule has 2 nitrogen and oxygen atoms in total. The monoisotopic (exact) mass is 250 g/mol. The fourth-order valence-electron chi connectivity index (χ4n) is 1.44. The lowest BCUT2D eigenvalue weighted by Crippen LogP contribution is -2.52. The summed E-state index contributed by atoms with van der Waals surface area (Å²) < 4.78 is 59.4. The smallest absolute Gasteiger partial charge is 0.421 e. The van der Waals surface area contributed by atoms with Gasteiger partial charge in [0.05, 0.1) is 0 Å². The molecule has 1 aliphatic rings. The van der Waals surface area contributed by atoms with Gasteiger partial charge in [0.1, 0.15) is 0 Å². The molecule has 0 saturated heterocycles. The van der Waals surface area contributed by atoms with Crippen molar-refractivity contribution in [3.8, 4) is 11.5 Å². The van der Waals surface area contributed by atoms with Gasteiger partial charge in [-0.3, -0.25) is 0 Å². The number of ether oxygens (including phenoxy) is 2. The van der Waals surface area contributed by atoms with Crippen LogP contribution in [0.2, 0.25) is 0 Å². The number of hydrogen-bond acceptors (Lipinski definition) is 2. The molecule has 0 aromatic heterocycles. The van der Waals surface area contributed by atoms with Crippen molar-refractivity contribution < 1.29 is 27.0 Å². The van der Waals surface area contributed by atoms with Crippen LogP contribution in [0.15, 0.2) is 18.2 Å². The van der Waals surface area contributed by atoms with Gasteiger partial charge in [-0.1, -0.05) is 19.9 Å². The summed E-state index contributed by atoms with van der Waals surface area (Å²) in [4.78, 5) is 0. The van der Waals surface area contributed by atoms with Crippen LogP contribution in [0, 0.1) is 0 Å². The Bertz CT molecular complexity index is 443. The summed E-state index contributed by atoms with van der Waals surface area (Å²) in [7, 11) is 0. The van der Waals surface area contributed by atoms with Gasteiger partial charge in [-0.15, -0.1) is 0 Å². The van der Waals surface area contributed by atoms with E-state index in [4.69, 9.17) is 0 Å². The Hall–Kier alpha value is -1.46. The lowest BCUT2D eigenvalue weighted by molar-refractivity contribution is -0.391. The minimum absolute atomic E-state index is 0.0694. The molecule has 0 aliphatic carbocycles. The number of rotatable bonds is 1. The maximum Gasteiger partial charge on any atom is 0.507 e. The van der Waals surface area contributed by atoms with Crippen molar-refractivity contribution in [1.29, 1.82) is 0 Å². The number of fused-ring (bicyclic) bond motifs is 1. The van der Waals surface area contributed by atoms with E-state index in [0.29, 0.717) is 5.56 Å². The zero-order chi connectivity index (χ0) is 12.8. The number of hydrogen-bond donors (Lipinski definition) is 0. The standard InChI is InChI=1S/C11H10F4O2/c1-6(2)7-3-4-8-9(5-7)17-11(14,15)10(12,13)16-8/h3-6H,1-2H3. The normalized spacial score (nSPS) is 20.4. The average molecular weight is 250 g/mol. The predicted octanol–water partition coefficient (Wildman–Crippen LogP) is 3.77. The molecule has 17 heavy (non-hydrogen) atoms. The van der Waals surface area contributed by atoms with E-state index in [0.717, 1.165) is 0 Å². The second-order valence-corrected chi connectivity index (χ2v) is 4.10. The molecular formula is C11H10F4O2. The molecule has 1 aliphatic heterocycles. The van der Waals surface area contributed by atoms with Crippen LogP contribution in [0.3, 0.4) is 0 Å². The minimum atomic E-state index is -4.66. The van der Waals surface area contributed by atoms with Gasteiger partial charge in [0.15, 0.2) is 11.5 Å². The molecule has 6 heteroatoms. The van der Waals surface area contributed by atoms with E-state index in [1.807, 2.05) is 13.8 Å². The molecule has 1 aromatic rings. The van der Waals surface area contributed by atoms with Gasteiger partial charge < -0.3 is 9.47 Å². The third-order valence-electron chi connectivity index (χ3n) is 2.45. The summed E-state index contributed by atoms with van der Waals surface area (Å²) >= 11 is 0. The summed E-state index contributed by atoms with van der Waals surface area (Å²) in [6, 6.07) is 4.02. The molecule has 0 spiro atoms. The van der Waals surface area contributed by atoms with E-state index in [2.05, 4.69) is 9.47 Å². The second kappa shape index (κ2) is 3.51. The van der Waals surface area contributed by atoms with Gasteiger partial charge in [-0.25, -0.2) is 0 Å². The van der Waals surface area contributed by atoms with Crippen LogP contribution in [0.1, 0.15) is 25.3 Å². The molecule has 0 N–H and O–H groups in total. The van der Waals surface area contributed by atoms with Crippen molar-refractivity contribution in [2.45, 2.75) is 32.0 Å². The van der Waals surface area contributed by atoms with Gasteiger partial charge in [0, 0.05) is 0 Å². The highest BCUT2D eigenvalue weighted by Crippen LogP contribution is 2.47. The number of halogens is 4. The van der Waals surface area contributed by atoms with Crippen LogP contribution in [0.5, 0.6) is 11.5 Å². The highest BCUT2D eigenvalue weighted by atomic mass is 19.3. The molecule has 1 heterocycles. The van der Waals surface area contributed by atoms with E-state index < -0.39 is 12.2 Å². The SMILES string of the molecule is CC(C)c1ccc2c(c1)OC(F)(F)C(F)(F)O2. The number of alkyl halides is 4. The van der Waals surface area contributed by atoms with E-state index in [1.165, 1.54) is 18.2 Å². The zero-order valence-electron chi connectivity index (χ0n) is 9.14. The largest absolute Gasteiger partial charge is 0.507 e. The van der Waals surface area contributed by atoms with Crippen molar-refractivity contribution in [3.63, 3.8) is 0 Å². The average Bonchev–Trinajstić information content (AvgIpc) is 2.17. The third-order valence-corrected chi connectivity index (χ3v) is 2.45. The van der Waals surface area contributed by atoms with Crippen LogP contribution in [0.25, 0.3) is 0 Å². The van der Waals surface area contributed by atoms with Gasteiger partial charge in [-0.05, 0) is 23.6 Å². The van der Waals surface area contributed by atoms with E-state index in [1.54, 1.807) is 0 Å². The highest BCUT2D eigenvalue weighted by molar-refractivity contribution is 5.45. The second-order valence-electron chi connectivity index (χ2n) is 4.10. The predicted molar refractivity (Wildman–Crippen MR) is 51.7 cm³/mol. The first-order valence-electron chi connectivity index (χ1n) is 5.00. The van der Waals surface area contributed by atoms with Crippen molar-refractivity contribution in [2.75, 3.05) is 0 Å². The summed E-state index contributed by atoms with van der Waals surface area (Å²) in [6.07, 6.45) is -9.31. The van der Waals surface area contributed by atoms with Gasteiger partial charge in [0.25, 0.3) is 0 Å². The van der Waals surface area contributed by atoms with Gasteiger partial charge >= 0.3 is 12.2 Å². The lowest BCUT2D eigenvalue weighted by Gasteiger charge is -2.32. The molecule has 0 unspecified atom stereocenters. The first-order valence-corrected chi connectivity index (χ1v) is 5.00. The number of benzene rings is 1. The molecule has 94 valence electrons. The van der Waals surface area contributed by atoms with Crippen molar-refractivity contribution >= 4 is 0 Å². The fourth-order valence-corrected chi connectivity index (χ4v) is 1.44. The first kappa shape index (κ1) is 12.0. The van der Waals surface area contributed by atoms with Crippen molar-refractivity contribution in [3.05, 3.63) is 23.8 Å². The minimum Gasteiger partial charge on any atom is -0.421 e. The van der Waals surface area contributed by atoms with Gasteiger partial charge in [-0.2, -0.15) is 17.6 Å². The summed E-state index contributed by atoms with van der Waals surface area (Å²) in [5.74, 6) is -0.683. The van der Waals surface area contributed by atoms with Crippen LogP contribution in [-0.4, -0.2) is 12.2 Å². The molecule has 0 fully saturated rings. The molecule has 1 aromatic carbocycles. The maximum atomic E-state index is 12.9. The zero-order valence-corrected chi connectivity index (χ0v) is 9.14. The molecule has 2 rings (SSSR count). The summed E-state index contributed by atoms with van der Waals surface area (Å²) in [5, 5.41) is 0. The van der Waals surface area contributed by atoms with Gasteiger partial charge in [0.2, 0.25) is 0 Å². The van der Waals surface area contributed by atoms with Crippen LogP contribution >= 0.6 is 0 Å². The summed E-state index contributed by atoms with van der Waals surface area (Å²) in [6.45, 7) is 3.69. The third kappa shape index (κ3) is 1.92. The molecule has 0 amide bonds. The maximum absolute atomic E-state index is 12.9. The molecule has 0 atom stereocenters. The van der Waals surface area contributed by atoms with Crippen LogP contribution < -0.4 is 9.47 Å². The Balaban J connectivity index is 2.43.